The first kappa shape index (κ1) is 17.2. The quantitative estimate of drug-likeness (QED) is 0.590. The van der Waals surface area contributed by atoms with Crippen molar-refractivity contribution >= 4 is 28.3 Å². The minimum atomic E-state index is -0.869. The number of thiophene rings is 1. The van der Waals surface area contributed by atoms with Gasteiger partial charge in [-0.3, -0.25) is 4.79 Å². The Morgan fingerprint density at radius 2 is 2.10 bits per heavy atom. The summed E-state index contributed by atoms with van der Waals surface area (Å²) in [5, 5.41) is 9.61. The monoisotopic (exact) mass is 311 g/mol. The molecule has 0 bridgehead atoms. The summed E-state index contributed by atoms with van der Waals surface area (Å²) in [6, 6.07) is 0. The summed E-state index contributed by atoms with van der Waals surface area (Å²) in [6.45, 7) is 10.4. The van der Waals surface area contributed by atoms with Gasteiger partial charge in [-0.1, -0.05) is 6.08 Å². The lowest BCUT2D eigenvalue weighted by molar-refractivity contribution is -0.136. The maximum Gasteiger partial charge on any atom is 0.341 e. The molecule has 1 heterocycles. The molecule has 1 N–H and O–H groups in total. The van der Waals surface area contributed by atoms with Crippen molar-refractivity contribution in [2.75, 3.05) is 24.6 Å². The Hall–Kier alpha value is -1.82. The Morgan fingerprint density at radius 1 is 1.43 bits per heavy atom. The first-order valence-electron chi connectivity index (χ1n) is 6.77. The van der Waals surface area contributed by atoms with Crippen LogP contribution < -0.4 is 4.90 Å². The molecular weight excluding hydrogens is 290 g/mol. The Morgan fingerprint density at radius 3 is 2.62 bits per heavy atom. The first-order chi connectivity index (χ1) is 9.92. The van der Waals surface area contributed by atoms with Crippen molar-refractivity contribution < 1.29 is 19.4 Å². The van der Waals surface area contributed by atoms with Gasteiger partial charge in [0.25, 0.3) is 0 Å². The number of anilines is 1. The van der Waals surface area contributed by atoms with E-state index in [2.05, 4.69) is 6.58 Å². The highest BCUT2D eigenvalue weighted by atomic mass is 32.1. The molecule has 5 nitrogen and oxygen atoms in total. The number of aliphatic carboxylic acids is 1. The number of hydrogen-bond acceptors (Lipinski definition) is 5. The molecule has 0 aromatic carbocycles. The number of nitrogens with zero attached hydrogens (tertiary/aromatic N) is 1. The topological polar surface area (TPSA) is 66.8 Å². The van der Waals surface area contributed by atoms with E-state index in [9.17, 15) is 9.59 Å². The van der Waals surface area contributed by atoms with E-state index in [0.29, 0.717) is 25.3 Å². The van der Waals surface area contributed by atoms with Crippen molar-refractivity contribution in [2.24, 2.45) is 0 Å². The summed E-state index contributed by atoms with van der Waals surface area (Å²) in [5.41, 5.74) is 1.42. The highest BCUT2D eigenvalue weighted by Crippen LogP contribution is 2.36. The molecule has 6 heteroatoms. The van der Waals surface area contributed by atoms with Crippen LogP contribution in [0.2, 0.25) is 0 Å². The predicted molar refractivity (Wildman–Crippen MR) is 84.4 cm³/mol. The zero-order chi connectivity index (χ0) is 16.0. The van der Waals surface area contributed by atoms with E-state index >= 15 is 0 Å². The average molecular weight is 311 g/mol. The fourth-order valence-corrected chi connectivity index (χ4v) is 3.12. The molecule has 0 aliphatic heterocycles. The third-order valence-corrected chi connectivity index (χ3v) is 4.35. The molecule has 0 fully saturated rings. The molecule has 1 rings (SSSR count). The summed E-state index contributed by atoms with van der Waals surface area (Å²) >= 11 is 1.48. The lowest BCUT2D eigenvalue weighted by atomic mass is 10.1. The van der Waals surface area contributed by atoms with Gasteiger partial charge in [0.1, 0.15) is 5.00 Å². The van der Waals surface area contributed by atoms with Gasteiger partial charge in [-0.15, -0.1) is 17.9 Å². The number of hydrogen-bond donors (Lipinski definition) is 1. The summed E-state index contributed by atoms with van der Waals surface area (Å²) in [6.07, 6.45) is 1.70. The molecular formula is C15H21NO4S. The van der Waals surface area contributed by atoms with E-state index in [1.54, 1.807) is 13.0 Å². The normalized spacial score (nSPS) is 10.2. The Balaban J connectivity index is 3.17. The molecule has 0 amide bonds. The van der Waals surface area contributed by atoms with Gasteiger partial charge in [0, 0.05) is 18.0 Å². The Labute approximate surface area is 128 Å². The van der Waals surface area contributed by atoms with Crippen LogP contribution in [0, 0.1) is 13.8 Å². The van der Waals surface area contributed by atoms with Gasteiger partial charge in [-0.25, -0.2) is 4.79 Å². The Bertz CT molecular complexity index is 536. The second kappa shape index (κ2) is 7.83. The lowest BCUT2D eigenvalue weighted by Crippen LogP contribution is -2.27. The van der Waals surface area contributed by atoms with Crippen LogP contribution in [-0.4, -0.2) is 36.7 Å². The maximum atomic E-state index is 12.2. The summed E-state index contributed by atoms with van der Waals surface area (Å²) in [7, 11) is 0. The molecule has 0 saturated heterocycles. The molecule has 0 radical (unpaired) electrons. The van der Waals surface area contributed by atoms with E-state index in [1.165, 1.54) is 11.3 Å². The van der Waals surface area contributed by atoms with Crippen LogP contribution in [0.4, 0.5) is 5.00 Å². The molecule has 0 aliphatic rings. The van der Waals surface area contributed by atoms with Crippen LogP contribution in [0.1, 0.15) is 34.1 Å². The van der Waals surface area contributed by atoms with E-state index in [4.69, 9.17) is 9.84 Å². The number of carboxylic acids is 1. The predicted octanol–water partition coefficient (Wildman–Crippen LogP) is 3.01. The molecule has 0 aliphatic carbocycles. The molecule has 1 aromatic rings. The van der Waals surface area contributed by atoms with Crippen LogP contribution in [0.25, 0.3) is 0 Å². The van der Waals surface area contributed by atoms with Crippen LogP contribution in [-0.2, 0) is 9.53 Å². The highest BCUT2D eigenvalue weighted by molar-refractivity contribution is 7.16. The molecule has 116 valence electrons. The first-order valence-corrected chi connectivity index (χ1v) is 7.58. The van der Waals surface area contributed by atoms with E-state index in [1.807, 2.05) is 18.7 Å². The highest BCUT2D eigenvalue weighted by Gasteiger charge is 2.24. The fourth-order valence-electron chi connectivity index (χ4n) is 1.94. The van der Waals surface area contributed by atoms with E-state index < -0.39 is 5.97 Å². The average Bonchev–Trinajstić information content (AvgIpc) is 2.71. The number of esters is 1. The standard InChI is InChI=1S/C15H21NO4S/c1-5-8-16(9-7-12(17)18)14-13(15(19)20-6-2)10(3)11(4)21-14/h5H,1,6-9H2,2-4H3,(H,17,18). The summed E-state index contributed by atoms with van der Waals surface area (Å²) < 4.78 is 5.12. The van der Waals surface area contributed by atoms with Crippen LogP contribution in [0.5, 0.6) is 0 Å². The second-order valence-electron chi connectivity index (χ2n) is 4.56. The van der Waals surface area contributed by atoms with Gasteiger partial charge in [0.15, 0.2) is 0 Å². The number of ether oxygens (including phenoxy) is 1. The van der Waals surface area contributed by atoms with Crippen molar-refractivity contribution in [1.82, 2.24) is 0 Å². The van der Waals surface area contributed by atoms with Gasteiger partial charge in [-0.2, -0.15) is 0 Å². The Kier molecular flexibility index (Phi) is 6.42. The van der Waals surface area contributed by atoms with Crippen molar-refractivity contribution in [3.8, 4) is 0 Å². The third-order valence-electron chi connectivity index (χ3n) is 3.08. The van der Waals surface area contributed by atoms with Gasteiger partial charge in [-0.05, 0) is 26.3 Å². The van der Waals surface area contributed by atoms with Gasteiger partial charge >= 0.3 is 11.9 Å². The molecule has 0 unspecified atom stereocenters. The largest absolute Gasteiger partial charge is 0.481 e. The number of carboxylic acid groups (broad SMARTS) is 1. The van der Waals surface area contributed by atoms with Crippen molar-refractivity contribution in [2.45, 2.75) is 27.2 Å². The van der Waals surface area contributed by atoms with Crippen molar-refractivity contribution in [3.63, 3.8) is 0 Å². The smallest absolute Gasteiger partial charge is 0.341 e. The third kappa shape index (κ3) is 4.32. The van der Waals surface area contributed by atoms with Crippen LogP contribution >= 0.6 is 11.3 Å². The van der Waals surface area contributed by atoms with Gasteiger partial charge in [0.2, 0.25) is 0 Å². The molecule has 0 spiro atoms. The molecule has 0 saturated carbocycles. The van der Waals surface area contributed by atoms with Gasteiger partial charge < -0.3 is 14.7 Å². The number of aryl methyl sites for hydroxylation is 1. The fraction of sp³-hybridized carbons (Fsp3) is 0.467. The second-order valence-corrected chi connectivity index (χ2v) is 5.77. The molecule has 1 aromatic heterocycles. The van der Waals surface area contributed by atoms with E-state index in [0.717, 1.165) is 15.4 Å². The minimum absolute atomic E-state index is 0.00605. The number of carbonyl (C=O) groups is 2. The molecule has 0 atom stereocenters. The van der Waals surface area contributed by atoms with Gasteiger partial charge in [0.05, 0.1) is 18.6 Å². The van der Waals surface area contributed by atoms with Crippen LogP contribution in [0.3, 0.4) is 0 Å². The van der Waals surface area contributed by atoms with Crippen molar-refractivity contribution in [1.29, 1.82) is 0 Å². The zero-order valence-corrected chi connectivity index (χ0v) is 13.5. The lowest BCUT2D eigenvalue weighted by Gasteiger charge is -2.22. The summed E-state index contributed by atoms with van der Waals surface area (Å²) in [4.78, 5) is 25.8. The van der Waals surface area contributed by atoms with E-state index in [-0.39, 0.29) is 12.4 Å². The zero-order valence-electron chi connectivity index (χ0n) is 12.6. The van der Waals surface area contributed by atoms with Crippen LogP contribution in [0.15, 0.2) is 12.7 Å². The van der Waals surface area contributed by atoms with Crippen molar-refractivity contribution in [3.05, 3.63) is 28.7 Å². The number of rotatable bonds is 8. The maximum absolute atomic E-state index is 12.2. The minimum Gasteiger partial charge on any atom is -0.481 e. The molecule has 21 heavy (non-hydrogen) atoms. The SMILES string of the molecule is C=CCN(CCC(=O)O)c1sc(C)c(C)c1C(=O)OCC. The summed E-state index contributed by atoms with van der Waals surface area (Å²) in [5.74, 6) is -1.23. The number of carbonyl (C=O) groups excluding carboxylic acids is 1.